The Morgan fingerprint density at radius 1 is 1.00 bits per heavy atom. The molecule has 134 valence electrons. The average Bonchev–Trinajstić information content (AvgIpc) is 2.59. The van der Waals surface area contributed by atoms with Crippen molar-refractivity contribution in [1.29, 1.82) is 0 Å². The third-order valence-electron chi connectivity index (χ3n) is 3.26. The van der Waals surface area contributed by atoms with Gasteiger partial charge in [-0.3, -0.25) is 4.79 Å². The Balaban J connectivity index is 1.94. The normalized spacial score (nSPS) is 10.2. The number of hydrogen-bond donors (Lipinski definition) is 1. The first kappa shape index (κ1) is 18.9. The first-order valence-electron chi connectivity index (χ1n) is 8.20. The SMILES string of the molecule is CCOc1ccc(OCC)c(NC(=O)CCOc2ccccc2Cl)c1. The maximum absolute atomic E-state index is 12.2. The molecule has 0 atom stereocenters. The molecule has 1 N–H and O–H groups in total. The van der Waals surface area contributed by atoms with Crippen molar-refractivity contribution in [2.24, 2.45) is 0 Å². The minimum atomic E-state index is -0.179. The Bertz CT molecular complexity index is 706. The Labute approximate surface area is 152 Å². The van der Waals surface area contributed by atoms with Crippen molar-refractivity contribution < 1.29 is 19.0 Å². The van der Waals surface area contributed by atoms with E-state index in [0.29, 0.717) is 41.2 Å². The van der Waals surface area contributed by atoms with Gasteiger partial charge < -0.3 is 19.5 Å². The van der Waals surface area contributed by atoms with Crippen LogP contribution in [-0.4, -0.2) is 25.7 Å². The van der Waals surface area contributed by atoms with Gasteiger partial charge in [0.15, 0.2) is 0 Å². The average molecular weight is 364 g/mol. The highest BCUT2D eigenvalue weighted by Crippen LogP contribution is 2.29. The number of para-hydroxylation sites is 1. The Morgan fingerprint density at radius 3 is 2.48 bits per heavy atom. The molecular weight excluding hydrogens is 342 g/mol. The molecule has 6 heteroatoms. The highest BCUT2D eigenvalue weighted by molar-refractivity contribution is 6.32. The van der Waals surface area contributed by atoms with Gasteiger partial charge in [-0.05, 0) is 38.1 Å². The second-order valence-corrected chi connectivity index (χ2v) is 5.51. The third kappa shape index (κ3) is 5.87. The van der Waals surface area contributed by atoms with Crippen LogP contribution in [0.15, 0.2) is 42.5 Å². The van der Waals surface area contributed by atoms with Crippen molar-refractivity contribution >= 4 is 23.2 Å². The van der Waals surface area contributed by atoms with E-state index in [4.69, 9.17) is 25.8 Å². The lowest BCUT2D eigenvalue weighted by Gasteiger charge is -2.14. The lowest BCUT2D eigenvalue weighted by molar-refractivity contribution is -0.116. The Morgan fingerprint density at radius 2 is 1.76 bits per heavy atom. The molecule has 2 aromatic rings. The van der Waals surface area contributed by atoms with Gasteiger partial charge in [0.2, 0.25) is 5.91 Å². The van der Waals surface area contributed by atoms with Crippen LogP contribution in [0.1, 0.15) is 20.3 Å². The monoisotopic (exact) mass is 363 g/mol. The fraction of sp³-hybridized carbons (Fsp3) is 0.316. The van der Waals surface area contributed by atoms with Gasteiger partial charge in [0, 0.05) is 6.07 Å². The van der Waals surface area contributed by atoms with Gasteiger partial charge in [-0.25, -0.2) is 0 Å². The number of benzene rings is 2. The standard InChI is InChI=1S/C19H22ClNO4/c1-3-23-14-9-10-18(24-4-2)16(13-14)21-19(22)11-12-25-17-8-6-5-7-15(17)20/h5-10,13H,3-4,11-12H2,1-2H3,(H,21,22). The highest BCUT2D eigenvalue weighted by atomic mass is 35.5. The second kappa shape index (κ2) is 9.79. The summed E-state index contributed by atoms with van der Waals surface area (Å²) in [6, 6.07) is 12.5. The zero-order valence-corrected chi connectivity index (χ0v) is 15.1. The molecule has 0 bridgehead atoms. The fourth-order valence-electron chi connectivity index (χ4n) is 2.17. The predicted molar refractivity (Wildman–Crippen MR) is 99.0 cm³/mol. The van der Waals surface area contributed by atoms with Crippen molar-refractivity contribution in [3.63, 3.8) is 0 Å². The summed E-state index contributed by atoms with van der Waals surface area (Å²) in [5.74, 6) is 1.66. The molecule has 0 saturated carbocycles. The molecule has 25 heavy (non-hydrogen) atoms. The number of carbonyl (C=O) groups is 1. The Hall–Kier alpha value is -2.40. The van der Waals surface area contributed by atoms with Crippen LogP contribution in [0.25, 0.3) is 0 Å². The van der Waals surface area contributed by atoms with Crippen molar-refractivity contribution in [1.82, 2.24) is 0 Å². The minimum Gasteiger partial charge on any atom is -0.494 e. The van der Waals surface area contributed by atoms with E-state index in [9.17, 15) is 4.79 Å². The number of anilines is 1. The lowest BCUT2D eigenvalue weighted by atomic mass is 10.2. The molecule has 2 aromatic carbocycles. The molecule has 0 aliphatic rings. The van der Waals surface area contributed by atoms with Crippen LogP contribution in [0.4, 0.5) is 5.69 Å². The van der Waals surface area contributed by atoms with E-state index in [1.165, 1.54) is 0 Å². The van der Waals surface area contributed by atoms with Crippen molar-refractivity contribution in [3.05, 3.63) is 47.5 Å². The topological polar surface area (TPSA) is 56.8 Å². The summed E-state index contributed by atoms with van der Waals surface area (Å²) in [5, 5.41) is 3.36. The van der Waals surface area contributed by atoms with Gasteiger partial charge in [-0.2, -0.15) is 0 Å². The molecule has 0 saturated heterocycles. The molecule has 0 aromatic heterocycles. The number of ether oxygens (including phenoxy) is 3. The van der Waals surface area contributed by atoms with E-state index in [1.54, 1.807) is 24.3 Å². The number of carbonyl (C=O) groups excluding carboxylic acids is 1. The summed E-state index contributed by atoms with van der Waals surface area (Å²) in [6.45, 7) is 5.07. The smallest absolute Gasteiger partial charge is 0.227 e. The molecule has 0 fully saturated rings. The molecule has 2 rings (SSSR count). The number of nitrogens with one attached hydrogen (secondary N) is 1. The van der Waals surface area contributed by atoms with Crippen molar-refractivity contribution in [2.45, 2.75) is 20.3 Å². The largest absolute Gasteiger partial charge is 0.494 e. The van der Waals surface area contributed by atoms with Crippen molar-refractivity contribution in [3.8, 4) is 17.2 Å². The molecule has 1 amide bonds. The fourth-order valence-corrected chi connectivity index (χ4v) is 2.36. The quantitative estimate of drug-likeness (QED) is 0.710. The van der Waals surface area contributed by atoms with E-state index in [1.807, 2.05) is 32.0 Å². The number of rotatable bonds is 9. The third-order valence-corrected chi connectivity index (χ3v) is 3.57. The molecule has 5 nitrogen and oxygen atoms in total. The van der Waals surface area contributed by atoms with E-state index in [0.717, 1.165) is 0 Å². The van der Waals surface area contributed by atoms with E-state index >= 15 is 0 Å². The summed E-state index contributed by atoms with van der Waals surface area (Å²) in [4.78, 5) is 12.2. The lowest BCUT2D eigenvalue weighted by Crippen LogP contribution is -2.16. The molecule has 0 aliphatic heterocycles. The van der Waals surface area contributed by atoms with Crippen LogP contribution >= 0.6 is 11.6 Å². The molecule has 0 heterocycles. The zero-order chi connectivity index (χ0) is 18.1. The van der Waals surface area contributed by atoms with Crippen LogP contribution in [0, 0.1) is 0 Å². The van der Waals surface area contributed by atoms with E-state index < -0.39 is 0 Å². The molecule has 0 radical (unpaired) electrons. The van der Waals surface area contributed by atoms with Crippen LogP contribution in [-0.2, 0) is 4.79 Å². The van der Waals surface area contributed by atoms with Gasteiger partial charge in [0.1, 0.15) is 17.2 Å². The maximum Gasteiger partial charge on any atom is 0.227 e. The molecule has 0 spiro atoms. The first-order valence-corrected chi connectivity index (χ1v) is 8.58. The molecule has 0 aliphatic carbocycles. The first-order chi connectivity index (χ1) is 12.1. The van der Waals surface area contributed by atoms with Gasteiger partial charge in [-0.15, -0.1) is 0 Å². The predicted octanol–water partition coefficient (Wildman–Crippen LogP) is 4.55. The zero-order valence-electron chi connectivity index (χ0n) is 14.4. The van der Waals surface area contributed by atoms with E-state index in [2.05, 4.69) is 5.32 Å². The summed E-state index contributed by atoms with van der Waals surface area (Å²) in [6.07, 6.45) is 0.190. The Kier molecular flexibility index (Phi) is 7.41. The maximum atomic E-state index is 12.2. The minimum absolute atomic E-state index is 0.179. The van der Waals surface area contributed by atoms with Crippen LogP contribution < -0.4 is 19.5 Å². The summed E-state index contributed by atoms with van der Waals surface area (Å²) < 4.78 is 16.5. The number of halogens is 1. The van der Waals surface area contributed by atoms with Crippen LogP contribution in [0.5, 0.6) is 17.2 Å². The van der Waals surface area contributed by atoms with Gasteiger partial charge in [0.25, 0.3) is 0 Å². The van der Waals surface area contributed by atoms with Gasteiger partial charge >= 0.3 is 0 Å². The highest BCUT2D eigenvalue weighted by Gasteiger charge is 2.10. The molecular formula is C19H22ClNO4. The number of hydrogen-bond acceptors (Lipinski definition) is 4. The van der Waals surface area contributed by atoms with Gasteiger partial charge in [-0.1, -0.05) is 23.7 Å². The summed E-state index contributed by atoms with van der Waals surface area (Å²) in [5.41, 5.74) is 0.579. The van der Waals surface area contributed by atoms with Crippen LogP contribution in [0.2, 0.25) is 5.02 Å². The van der Waals surface area contributed by atoms with E-state index in [-0.39, 0.29) is 18.9 Å². The molecule has 0 unspecified atom stereocenters. The van der Waals surface area contributed by atoms with Crippen molar-refractivity contribution in [2.75, 3.05) is 25.1 Å². The van der Waals surface area contributed by atoms with Crippen LogP contribution in [0.3, 0.4) is 0 Å². The summed E-state index contributed by atoms with van der Waals surface area (Å²) in [7, 11) is 0. The number of amides is 1. The summed E-state index contributed by atoms with van der Waals surface area (Å²) >= 11 is 6.02. The van der Waals surface area contributed by atoms with Gasteiger partial charge in [0.05, 0.1) is 37.0 Å². The second-order valence-electron chi connectivity index (χ2n) is 5.10.